The highest BCUT2D eigenvalue weighted by Crippen LogP contribution is 2.20. The van der Waals surface area contributed by atoms with Crippen LogP contribution in [0.2, 0.25) is 0 Å². The van der Waals surface area contributed by atoms with E-state index in [-0.39, 0.29) is 11.5 Å². The van der Waals surface area contributed by atoms with Gasteiger partial charge in [0.1, 0.15) is 6.54 Å². The number of fused-ring (bicyclic) bond motifs is 1. The monoisotopic (exact) mass is 416 g/mol. The van der Waals surface area contributed by atoms with Crippen LogP contribution in [-0.2, 0) is 17.9 Å². The molecule has 0 radical (unpaired) electrons. The van der Waals surface area contributed by atoms with E-state index in [1.54, 1.807) is 23.1 Å². The average molecular weight is 416 g/mol. The highest BCUT2D eigenvalue weighted by atomic mass is 16.2. The molecule has 31 heavy (non-hydrogen) atoms. The minimum Gasteiger partial charge on any atom is -0.341 e. The zero-order valence-electron chi connectivity index (χ0n) is 17.2. The third kappa shape index (κ3) is 4.01. The number of likely N-dealkylation sites (tertiary alicyclic amines) is 1. The second-order valence-electron chi connectivity index (χ2n) is 7.99. The Bertz CT molecular complexity index is 1250. The van der Waals surface area contributed by atoms with Crippen LogP contribution in [0.15, 0.2) is 71.9 Å². The number of hydrogen-bond acceptors (Lipinski definition) is 4. The maximum atomic E-state index is 12.8. The van der Waals surface area contributed by atoms with Crippen LogP contribution in [-0.4, -0.2) is 48.0 Å². The number of amides is 1. The number of para-hydroxylation sites is 1. The molecule has 8 heteroatoms. The Kier molecular flexibility index (Phi) is 5.11. The van der Waals surface area contributed by atoms with E-state index in [0.29, 0.717) is 37.9 Å². The average Bonchev–Trinajstić information content (AvgIpc) is 3.47. The molecule has 4 heterocycles. The minimum atomic E-state index is -0.117. The smallest absolute Gasteiger partial charge is 0.266 e. The van der Waals surface area contributed by atoms with Crippen molar-refractivity contribution in [2.45, 2.75) is 25.9 Å². The third-order valence-corrected chi connectivity index (χ3v) is 5.98. The van der Waals surface area contributed by atoms with E-state index in [4.69, 9.17) is 0 Å². The number of aromatic nitrogens is 5. The van der Waals surface area contributed by atoms with Gasteiger partial charge in [-0.3, -0.25) is 9.59 Å². The number of hydrogen-bond donors (Lipinski definition) is 0. The van der Waals surface area contributed by atoms with Gasteiger partial charge in [0.15, 0.2) is 5.82 Å². The number of benzene rings is 1. The van der Waals surface area contributed by atoms with Crippen molar-refractivity contribution in [2.24, 2.45) is 5.92 Å². The summed E-state index contributed by atoms with van der Waals surface area (Å²) in [5.41, 5.74) is 0.960. The van der Waals surface area contributed by atoms with Gasteiger partial charge in [0, 0.05) is 49.8 Å². The van der Waals surface area contributed by atoms with E-state index in [1.807, 2.05) is 46.0 Å². The van der Waals surface area contributed by atoms with Crippen LogP contribution in [0.1, 0.15) is 12.8 Å². The molecule has 1 amide bonds. The molecule has 0 saturated carbocycles. The Morgan fingerprint density at radius 3 is 2.65 bits per heavy atom. The molecular weight excluding hydrogens is 392 g/mol. The van der Waals surface area contributed by atoms with Crippen LogP contribution in [0, 0.1) is 5.92 Å². The summed E-state index contributed by atoms with van der Waals surface area (Å²) in [5.74, 6) is 1.07. The first-order valence-corrected chi connectivity index (χ1v) is 10.6. The Labute approximate surface area is 179 Å². The first-order chi connectivity index (χ1) is 15.2. The van der Waals surface area contributed by atoms with E-state index < -0.39 is 0 Å². The van der Waals surface area contributed by atoms with Gasteiger partial charge in [-0.1, -0.05) is 18.2 Å². The fraction of sp³-hybridized carbons (Fsp3) is 0.304. The minimum absolute atomic E-state index is 0.117. The Morgan fingerprint density at radius 1 is 1.00 bits per heavy atom. The Balaban J connectivity index is 1.20. The van der Waals surface area contributed by atoms with Crippen molar-refractivity contribution in [3.63, 3.8) is 0 Å². The maximum absolute atomic E-state index is 12.8. The lowest BCUT2D eigenvalue weighted by atomic mass is 9.97. The molecular formula is C23H24N6O2. The van der Waals surface area contributed by atoms with Gasteiger partial charge in [0.25, 0.3) is 5.56 Å². The predicted octanol–water partition coefficient (Wildman–Crippen LogP) is 2.32. The molecule has 0 spiro atoms. The molecule has 1 aliphatic heterocycles. The van der Waals surface area contributed by atoms with Crippen molar-refractivity contribution in [2.75, 3.05) is 13.1 Å². The molecule has 158 valence electrons. The molecule has 4 aromatic rings. The first-order valence-electron chi connectivity index (χ1n) is 10.6. The molecule has 5 rings (SSSR count). The SMILES string of the molecule is O=C(Cn1ccc2ccccc21)N1CCC(Cn2nc(-n3cccn3)ccc2=O)CC1. The van der Waals surface area contributed by atoms with Crippen LogP contribution in [0.4, 0.5) is 0 Å². The van der Waals surface area contributed by atoms with E-state index in [1.165, 1.54) is 10.7 Å². The van der Waals surface area contributed by atoms with Gasteiger partial charge in [-0.25, -0.2) is 9.36 Å². The highest BCUT2D eigenvalue weighted by molar-refractivity contribution is 5.83. The second-order valence-corrected chi connectivity index (χ2v) is 7.99. The predicted molar refractivity (Wildman–Crippen MR) is 117 cm³/mol. The number of carbonyl (C=O) groups is 1. The molecule has 0 atom stereocenters. The molecule has 1 saturated heterocycles. The van der Waals surface area contributed by atoms with Crippen molar-refractivity contribution >= 4 is 16.8 Å². The maximum Gasteiger partial charge on any atom is 0.266 e. The fourth-order valence-electron chi connectivity index (χ4n) is 4.23. The van der Waals surface area contributed by atoms with Crippen LogP contribution in [0.25, 0.3) is 16.7 Å². The van der Waals surface area contributed by atoms with Crippen molar-refractivity contribution in [3.8, 4) is 5.82 Å². The number of nitrogens with zero attached hydrogens (tertiary/aromatic N) is 6. The summed E-state index contributed by atoms with van der Waals surface area (Å²) >= 11 is 0. The van der Waals surface area contributed by atoms with Gasteiger partial charge in [0.05, 0.1) is 0 Å². The van der Waals surface area contributed by atoms with E-state index in [0.717, 1.165) is 23.7 Å². The van der Waals surface area contributed by atoms with E-state index in [9.17, 15) is 9.59 Å². The summed E-state index contributed by atoms with van der Waals surface area (Å²) in [6.07, 6.45) is 7.17. The molecule has 0 bridgehead atoms. The fourth-order valence-corrected chi connectivity index (χ4v) is 4.23. The van der Waals surface area contributed by atoms with Crippen molar-refractivity contribution in [1.29, 1.82) is 0 Å². The summed E-state index contributed by atoms with van der Waals surface area (Å²) in [7, 11) is 0. The van der Waals surface area contributed by atoms with Gasteiger partial charge in [-0.05, 0) is 48.4 Å². The topological polar surface area (TPSA) is 78.0 Å². The second kappa shape index (κ2) is 8.22. The van der Waals surface area contributed by atoms with Gasteiger partial charge < -0.3 is 9.47 Å². The summed E-state index contributed by atoms with van der Waals surface area (Å²) in [6, 6.07) is 15.2. The van der Waals surface area contributed by atoms with E-state index >= 15 is 0 Å². The molecule has 3 aromatic heterocycles. The molecule has 0 aliphatic carbocycles. The van der Waals surface area contributed by atoms with Crippen LogP contribution >= 0.6 is 0 Å². The van der Waals surface area contributed by atoms with Gasteiger partial charge >= 0.3 is 0 Å². The quantitative estimate of drug-likeness (QED) is 0.500. The number of carbonyl (C=O) groups excluding carboxylic acids is 1. The third-order valence-electron chi connectivity index (χ3n) is 5.98. The van der Waals surface area contributed by atoms with Crippen LogP contribution in [0.3, 0.4) is 0 Å². The number of piperidine rings is 1. The summed E-state index contributed by atoms with van der Waals surface area (Å²) in [4.78, 5) is 27.0. The Hall–Kier alpha value is -3.68. The van der Waals surface area contributed by atoms with Crippen molar-refractivity contribution < 1.29 is 4.79 Å². The summed E-state index contributed by atoms with van der Waals surface area (Å²) in [5, 5.41) is 9.78. The zero-order chi connectivity index (χ0) is 21.2. The zero-order valence-corrected chi connectivity index (χ0v) is 17.2. The molecule has 8 nitrogen and oxygen atoms in total. The molecule has 1 fully saturated rings. The standard InChI is InChI=1S/C23H24N6O2/c30-22-7-6-21(28-12-3-11-24-28)25-29(22)16-18-8-13-26(14-9-18)23(31)17-27-15-10-19-4-1-2-5-20(19)27/h1-7,10-12,15,18H,8-9,13-14,16-17H2. The van der Waals surface area contributed by atoms with Crippen LogP contribution in [0.5, 0.6) is 0 Å². The normalized spacial score (nSPS) is 14.9. The van der Waals surface area contributed by atoms with Crippen LogP contribution < -0.4 is 5.56 Å². The largest absolute Gasteiger partial charge is 0.341 e. The lowest BCUT2D eigenvalue weighted by molar-refractivity contribution is -0.133. The first kappa shape index (κ1) is 19.3. The lowest BCUT2D eigenvalue weighted by Crippen LogP contribution is -2.41. The highest BCUT2D eigenvalue weighted by Gasteiger charge is 2.24. The van der Waals surface area contributed by atoms with E-state index in [2.05, 4.69) is 16.3 Å². The summed E-state index contributed by atoms with van der Waals surface area (Å²) in [6.45, 7) is 2.32. The van der Waals surface area contributed by atoms with Crippen molar-refractivity contribution in [1.82, 2.24) is 29.0 Å². The molecule has 1 aromatic carbocycles. The summed E-state index contributed by atoms with van der Waals surface area (Å²) < 4.78 is 5.17. The van der Waals surface area contributed by atoms with Gasteiger partial charge in [-0.15, -0.1) is 5.10 Å². The molecule has 1 aliphatic rings. The van der Waals surface area contributed by atoms with Crippen molar-refractivity contribution in [3.05, 3.63) is 77.5 Å². The Morgan fingerprint density at radius 2 is 1.84 bits per heavy atom. The van der Waals surface area contributed by atoms with Gasteiger partial charge in [-0.2, -0.15) is 5.10 Å². The lowest BCUT2D eigenvalue weighted by Gasteiger charge is -2.32. The van der Waals surface area contributed by atoms with Gasteiger partial charge in [0.2, 0.25) is 5.91 Å². The number of rotatable bonds is 5. The molecule has 0 N–H and O–H groups in total. The molecule has 0 unspecified atom stereocenters.